The lowest BCUT2D eigenvalue weighted by atomic mass is 10.1. The number of nitrogens with one attached hydrogen (secondary N) is 1. The van der Waals surface area contributed by atoms with Gasteiger partial charge in [-0.05, 0) is 57.5 Å². The van der Waals surface area contributed by atoms with E-state index < -0.39 is 6.04 Å². The summed E-state index contributed by atoms with van der Waals surface area (Å²) in [6.07, 6.45) is 0. The van der Waals surface area contributed by atoms with Crippen molar-refractivity contribution in [3.63, 3.8) is 0 Å². The molecule has 0 aliphatic rings. The van der Waals surface area contributed by atoms with Gasteiger partial charge in [0.2, 0.25) is 11.8 Å². The highest BCUT2D eigenvalue weighted by Gasteiger charge is 2.26. The van der Waals surface area contributed by atoms with E-state index in [9.17, 15) is 9.59 Å². The van der Waals surface area contributed by atoms with Crippen LogP contribution in [-0.4, -0.2) is 34.6 Å². The first-order chi connectivity index (χ1) is 13.3. The highest BCUT2D eigenvalue weighted by molar-refractivity contribution is 8.00. The van der Waals surface area contributed by atoms with Crippen LogP contribution in [0.4, 0.5) is 0 Å². The number of amides is 2. The molecule has 6 heteroatoms. The summed E-state index contributed by atoms with van der Waals surface area (Å²) in [5, 5.41) is 3.50. The van der Waals surface area contributed by atoms with E-state index in [-0.39, 0.29) is 23.6 Å². The van der Waals surface area contributed by atoms with E-state index in [1.54, 1.807) is 17.9 Å². The van der Waals surface area contributed by atoms with Gasteiger partial charge < -0.3 is 10.2 Å². The minimum atomic E-state index is -0.576. The lowest BCUT2D eigenvalue weighted by Crippen LogP contribution is -2.49. The van der Waals surface area contributed by atoms with Gasteiger partial charge in [0, 0.05) is 22.5 Å². The molecule has 0 saturated heterocycles. The Morgan fingerprint density at radius 1 is 1.11 bits per heavy atom. The number of halogens is 1. The largest absolute Gasteiger partial charge is 0.352 e. The van der Waals surface area contributed by atoms with Gasteiger partial charge in [0.15, 0.2) is 0 Å². The molecule has 0 aliphatic carbocycles. The minimum Gasteiger partial charge on any atom is -0.352 e. The molecule has 2 aromatic carbocycles. The zero-order valence-electron chi connectivity index (χ0n) is 16.7. The second kappa shape index (κ2) is 10.5. The Morgan fingerprint density at radius 3 is 2.39 bits per heavy atom. The number of aryl methyl sites for hydroxylation is 1. The van der Waals surface area contributed by atoms with Crippen molar-refractivity contribution in [1.29, 1.82) is 0 Å². The van der Waals surface area contributed by atoms with Crippen molar-refractivity contribution in [3.05, 3.63) is 64.7 Å². The van der Waals surface area contributed by atoms with Crippen molar-refractivity contribution >= 4 is 35.2 Å². The molecular weight excluding hydrogens is 392 g/mol. The first-order valence-electron chi connectivity index (χ1n) is 9.30. The van der Waals surface area contributed by atoms with Crippen molar-refractivity contribution in [2.75, 3.05) is 5.75 Å². The average molecular weight is 419 g/mol. The summed E-state index contributed by atoms with van der Waals surface area (Å²) < 4.78 is 0. The Bertz CT molecular complexity index is 808. The van der Waals surface area contributed by atoms with Gasteiger partial charge in [0.1, 0.15) is 6.04 Å². The highest BCUT2D eigenvalue weighted by Crippen LogP contribution is 2.21. The summed E-state index contributed by atoms with van der Waals surface area (Å²) >= 11 is 7.56. The standard InChI is InChI=1S/C22H27ClN2O2S/c1-15(2)24-22(27)17(4)25(13-18-6-5-7-19(23)12-18)21(26)14-28-20-10-8-16(3)9-11-20/h5-12,15,17H,13-14H2,1-4H3,(H,24,27). The summed E-state index contributed by atoms with van der Waals surface area (Å²) in [4.78, 5) is 28.2. The molecule has 0 saturated carbocycles. The number of hydrogen-bond acceptors (Lipinski definition) is 3. The Morgan fingerprint density at radius 2 is 1.79 bits per heavy atom. The van der Waals surface area contributed by atoms with Crippen LogP contribution in [0.1, 0.15) is 31.9 Å². The molecule has 2 amide bonds. The van der Waals surface area contributed by atoms with Crippen LogP contribution in [0.5, 0.6) is 0 Å². The predicted octanol–water partition coefficient (Wildman–Crippen LogP) is 4.68. The molecular formula is C22H27ClN2O2S. The van der Waals surface area contributed by atoms with Crippen LogP contribution in [0, 0.1) is 6.92 Å². The summed E-state index contributed by atoms with van der Waals surface area (Å²) in [6, 6.07) is 14.9. The van der Waals surface area contributed by atoms with Crippen LogP contribution in [0.25, 0.3) is 0 Å². The Balaban J connectivity index is 2.14. The molecule has 1 unspecified atom stereocenters. The fraction of sp³-hybridized carbons (Fsp3) is 0.364. The molecule has 1 atom stereocenters. The second-order valence-electron chi connectivity index (χ2n) is 7.09. The number of rotatable bonds is 8. The van der Waals surface area contributed by atoms with Crippen LogP contribution in [-0.2, 0) is 16.1 Å². The molecule has 0 aliphatic heterocycles. The van der Waals surface area contributed by atoms with E-state index in [1.807, 2.05) is 63.2 Å². The van der Waals surface area contributed by atoms with Crippen molar-refractivity contribution in [2.24, 2.45) is 0 Å². The minimum absolute atomic E-state index is 0.0139. The lowest BCUT2D eigenvalue weighted by molar-refractivity contribution is -0.138. The third-order valence-corrected chi connectivity index (χ3v) is 5.46. The number of thioether (sulfide) groups is 1. The molecule has 0 radical (unpaired) electrons. The number of nitrogens with zero attached hydrogens (tertiary/aromatic N) is 1. The highest BCUT2D eigenvalue weighted by atomic mass is 35.5. The molecule has 2 aromatic rings. The Kier molecular flexibility index (Phi) is 8.39. The zero-order valence-corrected chi connectivity index (χ0v) is 18.3. The first-order valence-corrected chi connectivity index (χ1v) is 10.7. The van der Waals surface area contributed by atoms with E-state index in [0.717, 1.165) is 10.5 Å². The monoisotopic (exact) mass is 418 g/mol. The maximum absolute atomic E-state index is 13.0. The molecule has 0 heterocycles. The fourth-order valence-corrected chi connectivity index (χ4v) is 3.68. The summed E-state index contributed by atoms with van der Waals surface area (Å²) in [6.45, 7) is 7.93. The molecule has 1 N–H and O–H groups in total. The molecule has 0 spiro atoms. The summed E-state index contributed by atoms with van der Waals surface area (Å²) in [5.74, 6) is 0.0193. The van der Waals surface area contributed by atoms with Gasteiger partial charge in [-0.1, -0.05) is 41.4 Å². The SMILES string of the molecule is Cc1ccc(SCC(=O)N(Cc2cccc(Cl)c2)C(C)C(=O)NC(C)C)cc1. The summed E-state index contributed by atoms with van der Waals surface area (Å²) in [5.41, 5.74) is 2.07. The van der Waals surface area contributed by atoms with Crippen LogP contribution in [0.3, 0.4) is 0 Å². The molecule has 150 valence electrons. The average Bonchev–Trinajstić information content (AvgIpc) is 2.64. The van der Waals surface area contributed by atoms with Crippen molar-refractivity contribution in [3.8, 4) is 0 Å². The number of carbonyl (C=O) groups excluding carboxylic acids is 2. The van der Waals surface area contributed by atoms with Crippen molar-refractivity contribution in [1.82, 2.24) is 10.2 Å². The van der Waals surface area contributed by atoms with E-state index >= 15 is 0 Å². The van der Waals surface area contributed by atoms with Crippen LogP contribution >= 0.6 is 23.4 Å². The van der Waals surface area contributed by atoms with Crippen molar-refractivity contribution in [2.45, 2.75) is 51.2 Å². The van der Waals surface area contributed by atoms with Crippen LogP contribution < -0.4 is 5.32 Å². The van der Waals surface area contributed by atoms with Gasteiger partial charge in [-0.25, -0.2) is 0 Å². The Hall–Kier alpha value is -1.98. The smallest absolute Gasteiger partial charge is 0.242 e. The van der Waals surface area contributed by atoms with E-state index in [0.29, 0.717) is 11.6 Å². The Labute approximate surface area is 176 Å². The topological polar surface area (TPSA) is 49.4 Å². The van der Waals surface area contributed by atoms with E-state index in [1.165, 1.54) is 17.3 Å². The van der Waals surface area contributed by atoms with Crippen molar-refractivity contribution < 1.29 is 9.59 Å². The maximum Gasteiger partial charge on any atom is 0.242 e. The molecule has 0 bridgehead atoms. The molecule has 28 heavy (non-hydrogen) atoms. The second-order valence-corrected chi connectivity index (χ2v) is 8.58. The number of carbonyl (C=O) groups is 2. The molecule has 2 rings (SSSR count). The third-order valence-electron chi connectivity index (χ3n) is 4.22. The van der Waals surface area contributed by atoms with E-state index in [2.05, 4.69) is 5.32 Å². The van der Waals surface area contributed by atoms with Crippen LogP contribution in [0.2, 0.25) is 5.02 Å². The fourth-order valence-electron chi connectivity index (χ4n) is 2.68. The zero-order chi connectivity index (χ0) is 20.7. The quantitative estimate of drug-likeness (QED) is 0.633. The van der Waals surface area contributed by atoms with Gasteiger partial charge in [-0.3, -0.25) is 9.59 Å². The van der Waals surface area contributed by atoms with E-state index in [4.69, 9.17) is 11.6 Å². The third kappa shape index (κ3) is 6.88. The lowest BCUT2D eigenvalue weighted by Gasteiger charge is -2.29. The summed E-state index contributed by atoms with van der Waals surface area (Å²) in [7, 11) is 0. The van der Waals surface area contributed by atoms with Gasteiger partial charge in [0.25, 0.3) is 0 Å². The van der Waals surface area contributed by atoms with Gasteiger partial charge >= 0.3 is 0 Å². The van der Waals surface area contributed by atoms with Gasteiger partial charge in [-0.15, -0.1) is 11.8 Å². The first kappa shape index (κ1) is 22.3. The maximum atomic E-state index is 13.0. The van der Waals surface area contributed by atoms with Gasteiger partial charge in [0.05, 0.1) is 5.75 Å². The predicted molar refractivity (Wildman–Crippen MR) is 117 cm³/mol. The number of benzene rings is 2. The van der Waals surface area contributed by atoms with Crippen LogP contribution in [0.15, 0.2) is 53.4 Å². The number of hydrogen-bond donors (Lipinski definition) is 1. The normalized spacial score (nSPS) is 11.9. The molecule has 0 fully saturated rings. The molecule has 4 nitrogen and oxygen atoms in total. The van der Waals surface area contributed by atoms with Gasteiger partial charge in [-0.2, -0.15) is 0 Å². The molecule has 0 aromatic heterocycles.